The van der Waals surface area contributed by atoms with Gasteiger partial charge in [0.15, 0.2) is 6.61 Å². The van der Waals surface area contributed by atoms with E-state index in [4.69, 9.17) is 25.8 Å². The Labute approximate surface area is 186 Å². The number of aryl methyl sites for hydroxylation is 2. The molecule has 0 aromatic heterocycles. The van der Waals surface area contributed by atoms with Crippen LogP contribution < -0.4 is 9.47 Å². The Morgan fingerprint density at radius 2 is 1.52 bits per heavy atom. The predicted molar refractivity (Wildman–Crippen MR) is 119 cm³/mol. The number of hydrogen-bond acceptors (Lipinski definition) is 5. The minimum atomic E-state index is -0.552. The van der Waals surface area contributed by atoms with Gasteiger partial charge in [-0.3, -0.25) is 0 Å². The molecule has 0 aliphatic heterocycles. The highest BCUT2D eigenvalue weighted by atomic mass is 35.5. The van der Waals surface area contributed by atoms with Gasteiger partial charge in [0.2, 0.25) is 0 Å². The van der Waals surface area contributed by atoms with E-state index < -0.39 is 11.9 Å². The number of carbonyl (C=O) groups is 2. The third-order valence-electron chi connectivity index (χ3n) is 4.56. The van der Waals surface area contributed by atoms with Crippen LogP contribution in [0.2, 0.25) is 5.02 Å². The number of ether oxygens (including phenoxy) is 3. The molecule has 0 N–H and O–H groups in total. The Hall–Kier alpha value is -3.31. The van der Waals surface area contributed by atoms with E-state index in [1.165, 1.54) is 0 Å². The molecule has 0 aliphatic carbocycles. The lowest BCUT2D eigenvalue weighted by Gasteiger charge is -2.10. The largest absolute Gasteiger partial charge is 0.482 e. The molecule has 0 spiro atoms. The summed E-state index contributed by atoms with van der Waals surface area (Å²) in [6, 6.07) is 19.5. The average Bonchev–Trinajstić information content (AvgIpc) is 2.77. The number of halogens is 1. The van der Waals surface area contributed by atoms with Crippen molar-refractivity contribution >= 4 is 23.5 Å². The lowest BCUT2D eigenvalue weighted by Crippen LogP contribution is -2.18. The zero-order valence-electron chi connectivity index (χ0n) is 17.4. The van der Waals surface area contributed by atoms with E-state index in [0.29, 0.717) is 35.1 Å². The summed E-state index contributed by atoms with van der Waals surface area (Å²) >= 11 is 6.13. The number of benzene rings is 3. The van der Waals surface area contributed by atoms with Gasteiger partial charge in [-0.1, -0.05) is 41.9 Å². The van der Waals surface area contributed by atoms with Crippen LogP contribution in [0, 0.1) is 13.8 Å². The van der Waals surface area contributed by atoms with Crippen molar-refractivity contribution in [3.8, 4) is 11.5 Å². The smallest absolute Gasteiger partial charge is 0.349 e. The van der Waals surface area contributed by atoms with E-state index in [0.717, 1.165) is 16.7 Å². The van der Waals surface area contributed by atoms with Gasteiger partial charge in [-0.25, -0.2) is 9.59 Å². The molecule has 0 bridgehead atoms. The molecule has 3 aromatic rings. The molecule has 3 aromatic carbocycles. The Bertz CT molecular complexity index is 1020. The summed E-state index contributed by atoms with van der Waals surface area (Å²) in [4.78, 5) is 24.2. The van der Waals surface area contributed by atoms with E-state index in [9.17, 15) is 9.59 Å². The molecular weight excluding hydrogens is 416 g/mol. The van der Waals surface area contributed by atoms with E-state index in [2.05, 4.69) is 0 Å². The summed E-state index contributed by atoms with van der Waals surface area (Å²) in [5.74, 6) is -0.114. The van der Waals surface area contributed by atoms with E-state index >= 15 is 0 Å². The van der Waals surface area contributed by atoms with Gasteiger partial charge >= 0.3 is 11.9 Å². The van der Waals surface area contributed by atoms with Crippen LogP contribution in [0.1, 0.15) is 27.0 Å². The maximum Gasteiger partial charge on any atom is 0.349 e. The van der Waals surface area contributed by atoms with Crippen LogP contribution in [0.15, 0.2) is 66.7 Å². The van der Waals surface area contributed by atoms with Crippen LogP contribution in [0.3, 0.4) is 0 Å². The molecule has 160 valence electrons. The summed E-state index contributed by atoms with van der Waals surface area (Å²) in [6.07, 6.45) is 0.648. The second kappa shape index (κ2) is 10.6. The second-order valence-electron chi connectivity index (χ2n) is 7.03. The van der Waals surface area contributed by atoms with Crippen molar-refractivity contribution in [2.24, 2.45) is 0 Å². The zero-order chi connectivity index (χ0) is 22.2. The van der Waals surface area contributed by atoms with Crippen LogP contribution in [-0.2, 0) is 16.0 Å². The third-order valence-corrected chi connectivity index (χ3v) is 5.15. The molecule has 0 fully saturated rings. The first-order valence-electron chi connectivity index (χ1n) is 9.83. The average molecular weight is 439 g/mol. The number of esters is 2. The van der Waals surface area contributed by atoms with Crippen molar-refractivity contribution in [3.05, 3.63) is 94.0 Å². The topological polar surface area (TPSA) is 61.8 Å². The number of rotatable bonds is 8. The lowest BCUT2D eigenvalue weighted by molar-refractivity contribution is -0.136. The lowest BCUT2D eigenvalue weighted by atomic mass is 10.1. The molecule has 0 saturated carbocycles. The molecule has 0 heterocycles. The molecule has 0 unspecified atom stereocenters. The summed E-state index contributed by atoms with van der Waals surface area (Å²) in [5.41, 5.74) is 3.23. The normalized spacial score (nSPS) is 10.4. The van der Waals surface area contributed by atoms with Gasteiger partial charge in [-0.05, 0) is 66.9 Å². The highest BCUT2D eigenvalue weighted by Crippen LogP contribution is 2.25. The summed E-state index contributed by atoms with van der Waals surface area (Å²) in [7, 11) is 0. The van der Waals surface area contributed by atoms with Crippen LogP contribution in [0.25, 0.3) is 0 Å². The van der Waals surface area contributed by atoms with Crippen molar-refractivity contribution in [2.75, 3.05) is 13.2 Å². The van der Waals surface area contributed by atoms with Crippen LogP contribution >= 0.6 is 11.6 Å². The molecular formula is C25H23ClO5. The fourth-order valence-corrected chi connectivity index (χ4v) is 3.05. The second-order valence-corrected chi connectivity index (χ2v) is 7.41. The highest BCUT2D eigenvalue weighted by molar-refractivity contribution is 6.32. The maximum atomic E-state index is 12.1. The predicted octanol–water partition coefficient (Wildman–Crippen LogP) is 5.34. The zero-order valence-corrected chi connectivity index (χ0v) is 18.1. The Morgan fingerprint density at radius 3 is 2.16 bits per heavy atom. The maximum absolute atomic E-state index is 12.1. The van der Waals surface area contributed by atoms with Crippen molar-refractivity contribution in [1.29, 1.82) is 0 Å². The van der Waals surface area contributed by atoms with Crippen molar-refractivity contribution in [3.63, 3.8) is 0 Å². The minimum absolute atomic E-state index is 0.246. The summed E-state index contributed by atoms with van der Waals surface area (Å²) in [6.45, 7) is 3.79. The van der Waals surface area contributed by atoms with Crippen molar-refractivity contribution < 1.29 is 23.8 Å². The van der Waals surface area contributed by atoms with Gasteiger partial charge in [0.05, 0.1) is 12.2 Å². The molecule has 0 saturated heterocycles. The van der Waals surface area contributed by atoms with Crippen LogP contribution in [0.5, 0.6) is 11.5 Å². The molecule has 0 aliphatic rings. The first kappa shape index (κ1) is 22.4. The fourth-order valence-electron chi connectivity index (χ4n) is 2.94. The highest BCUT2D eigenvalue weighted by Gasteiger charge is 2.11. The molecule has 0 atom stereocenters. The Balaban J connectivity index is 1.46. The van der Waals surface area contributed by atoms with Crippen molar-refractivity contribution in [2.45, 2.75) is 20.3 Å². The van der Waals surface area contributed by atoms with Gasteiger partial charge in [0.25, 0.3) is 0 Å². The molecule has 0 amide bonds. The Morgan fingerprint density at radius 1 is 0.871 bits per heavy atom. The standard InChI is InChI=1S/C25H23ClO5/c1-17-14-22(15-18(2)24(17)26)30-16-23(27)31-21-10-8-20(9-11-21)25(28)29-13-12-19-6-4-3-5-7-19/h3-11,14-15H,12-13,16H2,1-2H3. The van der Waals surface area contributed by atoms with E-state index in [1.54, 1.807) is 36.4 Å². The SMILES string of the molecule is Cc1cc(OCC(=O)Oc2ccc(C(=O)OCCc3ccccc3)cc2)cc(C)c1Cl. The minimum Gasteiger partial charge on any atom is -0.482 e. The monoisotopic (exact) mass is 438 g/mol. The van der Waals surface area contributed by atoms with Crippen molar-refractivity contribution in [1.82, 2.24) is 0 Å². The quantitative estimate of drug-likeness (QED) is 0.351. The van der Waals surface area contributed by atoms with Crippen LogP contribution in [0.4, 0.5) is 0 Å². The number of hydrogen-bond donors (Lipinski definition) is 0. The molecule has 0 radical (unpaired) electrons. The van der Waals surface area contributed by atoms with Gasteiger partial charge < -0.3 is 14.2 Å². The summed E-state index contributed by atoms with van der Waals surface area (Å²) in [5, 5.41) is 0.675. The third kappa shape index (κ3) is 6.59. The Kier molecular flexibility index (Phi) is 7.68. The van der Waals surface area contributed by atoms with E-state index in [1.807, 2.05) is 44.2 Å². The molecule has 5 nitrogen and oxygen atoms in total. The number of carbonyl (C=O) groups excluding carboxylic acids is 2. The fraction of sp³-hybridized carbons (Fsp3) is 0.200. The van der Waals surface area contributed by atoms with Gasteiger partial charge in [-0.15, -0.1) is 0 Å². The van der Waals surface area contributed by atoms with Gasteiger partial charge in [0, 0.05) is 11.4 Å². The first-order valence-corrected chi connectivity index (χ1v) is 10.2. The molecule has 6 heteroatoms. The van der Waals surface area contributed by atoms with Gasteiger partial charge in [0.1, 0.15) is 11.5 Å². The molecule has 3 rings (SSSR count). The van der Waals surface area contributed by atoms with Gasteiger partial charge in [-0.2, -0.15) is 0 Å². The van der Waals surface area contributed by atoms with E-state index in [-0.39, 0.29) is 6.61 Å². The first-order chi connectivity index (χ1) is 14.9. The molecule has 31 heavy (non-hydrogen) atoms. The van der Waals surface area contributed by atoms with Crippen LogP contribution in [-0.4, -0.2) is 25.2 Å². The summed E-state index contributed by atoms with van der Waals surface area (Å²) < 4.78 is 16.0.